The summed E-state index contributed by atoms with van der Waals surface area (Å²) in [4.78, 5) is 57.5. The first-order chi connectivity index (χ1) is 20.3. The minimum atomic E-state index is -1.12. The maximum atomic E-state index is 13.3. The number of aliphatic hydroxyl groups excluding tert-OH is 1. The van der Waals surface area contributed by atoms with Gasteiger partial charge in [0, 0.05) is 17.8 Å². The van der Waals surface area contributed by atoms with Gasteiger partial charge < -0.3 is 15.3 Å². The molecule has 0 radical (unpaired) electrons. The molecule has 3 aromatic carbocycles. The van der Waals surface area contributed by atoms with E-state index in [0.717, 1.165) is 5.56 Å². The lowest BCUT2D eigenvalue weighted by molar-refractivity contribution is -0.754. The Labute approximate surface area is 244 Å². The van der Waals surface area contributed by atoms with E-state index in [1.54, 1.807) is 18.2 Å². The Hall–Kier alpha value is -5.21. The van der Waals surface area contributed by atoms with Crippen LogP contribution >= 0.6 is 11.8 Å². The second kappa shape index (κ2) is 14.4. The van der Waals surface area contributed by atoms with E-state index in [9.17, 15) is 29.6 Å². The average molecular weight is 591 g/mol. The molecular formula is C28H26N6O7S. The lowest BCUT2D eigenvalue weighted by Crippen LogP contribution is -2.43. The summed E-state index contributed by atoms with van der Waals surface area (Å²) in [5, 5.41) is 23.3. The van der Waals surface area contributed by atoms with Crippen molar-refractivity contribution in [2.75, 3.05) is 25.0 Å². The van der Waals surface area contributed by atoms with Crippen LogP contribution in [0, 0.1) is 10.1 Å². The fourth-order valence-electron chi connectivity index (χ4n) is 3.66. The first-order valence-corrected chi connectivity index (χ1v) is 13.4. The van der Waals surface area contributed by atoms with Crippen molar-refractivity contribution in [2.24, 2.45) is 4.99 Å². The number of aliphatic hydroxyl groups is 1. The second-order valence-electron chi connectivity index (χ2n) is 8.78. The Kier molecular flexibility index (Phi) is 10.2. The molecule has 0 aliphatic carbocycles. The highest BCUT2D eigenvalue weighted by Crippen LogP contribution is 2.34. The van der Waals surface area contributed by atoms with Crippen molar-refractivity contribution in [3.05, 3.63) is 111 Å². The minimum Gasteiger partial charge on any atom is -0.389 e. The summed E-state index contributed by atoms with van der Waals surface area (Å²) >= 11 is 1.24. The zero-order valence-electron chi connectivity index (χ0n) is 22.0. The first kappa shape index (κ1) is 29.8. The van der Waals surface area contributed by atoms with E-state index in [4.69, 9.17) is 0 Å². The van der Waals surface area contributed by atoms with Gasteiger partial charge in [-0.15, -0.1) is 10.1 Å². The molecule has 0 aromatic heterocycles. The number of aliphatic imine (C=N–C) groups is 1. The molecule has 0 saturated carbocycles. The van der Waals surface area contributed by atoms with Crippen molar-refractivity contribution >= 4 is 52.1 Å². The SMILES string of the molecule is O=C(CO[N+](=O)[O-])NNC(=O)c1ccc(NCC(O)CN2C(=O)/C(=C/c3ccccc3)SC2=Nc2ccccc2)cc1. The van der Waals surface area contributed by atoms with Crippen LogP contribution < -0.4 is 16.2 Å². The summed E-state index contributed by atoms with van der Waals surface area (Å²) in [5.74, 6) is -1.81. The first-order valence-electron chi connectivity index (χ1n) is 12.6. The van der Waals surface area contributed by atoms with E-state index in [2.05, 4.69) is 20.6 Å². The maximum absolute atomic E-state index is 13.3. The number of carbonyl (C=O) groups is 3. The zero-order chi connectivity index (χ0) is 29.9. The molecule has 13 nitrogen and oxygen atoms in total. The topological polar surface area (TPSA) is 176 Å². The number of hydrazine groups is 1. The van der Waals surface area contributed by atoms with E-state index in [1.165, 1.54) is 28.8 Å². The van der Waals surface area contributed by atoms with Gasteiger partial charge in [0.25, 0.3) is 22.8 Å². The molecule has 1 aliphatic rings. The van der Waals surface area contributed by atoms with E-state index in [1.807, 2.05) is 66.1 Å². The lowest BCUT2D eigenvalue weighted by atomic mass is 10.2. The summed E-state index contributed by atoms with van der Waals surface area (Å²) in [6.07, 6.45) is 0.841. The highest BCUT2D eigenvalue weighted by atomic mass is 32.2. The Bertz CT molecular complexity index is 1480. The number of hydrogen-bond acceptors (Lipinski definition) is 10. The van der Waals surface area contributed by atoms with Gasteiger partial charge in [0.15, 0.2) is 11.8 Å². The van der Waals surface area contributed by atoms with Gasteiger partial charge >= 0.3 is 0 Å². The van der Waals surface area contributed by atoms with Crippen LogP contribution in [-0.4, -0.2) is 63.8 Å². The zero-order valence-corrected chi connectivity index (χ0v) is 22.8. The van der Waals surface area contributed by atoms with Crippen LogP contribution in [0.1, 0.15) is 15.9 Å². The van der Waals surface area contributed by atoms with Gasteiger partial charge in [-0.25, -0.2) is 4.99 Å². The van der Waals surface area contributed by atoms with Crippen LogP contribution in [0.25, 0.3) is 6.08 Å². The predicted octanol–water partition coefficient (Wildman–Crippen LogP) is 2.73. The molecule has 4 rings (SSSR count). The van der Waals surface area contributed by atoms with Crippen LogP contribution in [0.4, 0.5) is 11.4 Å². The smallest absolute Gasteiger partial charge is 0.295 e. The quantitative estimate of drug-likeness (QED) is 0.149. The molecule has 0 bridgehead atoms. The van der Waals surface area contributed by atoms with Gasteiger partial charge in [0.2, 0.25) is 0 Å². The number of nitrogens with one attached hydrogen (secondary N) is 3. The molecule has 42 heavy (non-hydrogen) atoms. The molecule has 1 aliphatic heterocycles. The van der Waals surface area contributed by atoms with E-state index >= 15 is 0 Å². The third-order valence-electron chi connectivity index (χ3n) is 5.67. The van der Waals surface area contributed by atoms with Gasteiger partial charge in [-0.1, -0.05) is 48.5 Å². The highest BCUT2D eigenvalue weighted by molar-refractivity contribution is 8.18. The van der Waals surface area contributed by atoms with Gasteiger partial charge in [-0.3, -0.25) is 30.1 Å². The van der Waals surface area contributed by atoms with Crippen LogP contribution in [0.5, 0.6) is 0 Å². The van der Waals surface area contributed by atoms with Crippen molar-refractivity contribution in [1.82, 2.24) is 15.8 Å². The molecule has 1 unspecified atom stereocenters. The molecule has 0 spiro atoms. The third kappa shape index (κ3) is 8.64. The number of carbonyl (C=O) groups excluding carboxylic acids is 3. The summed E-state index contributed by atoms with van der Waals surface area (Å²) in [6, 6.07) is 24.9. The fraction of sp³-hybridized carbons (Fsp3) is 0.143. The van der Waals surface area contributed by atoms with Crippen LogP contribution in [0.2, 0.25) is 0 Å². The molecule has 216 valence electrons. The van der Waals surface area contributed by atoms with Gasteiger partial charge in [-0.2, -0.15) is 0 Å². The van der Waals surface area contributed by atoms with Crippen LogP contribution in [-0.2, 0) is 14.4 Å². The fourth-order valence-corrected chi connectivity index (χ4v) is 4.67. The average Bonchev–Trinajstić information content (AvgIpc) is 3.27. The molecule has 1 atom stereocenters. The summed E-state index contributed by atoms with van der Waals surface area (Å²) in [7, 11) is 0. The molecule has 1 saturated heterocycles. The number of hydrogen-bond donors (Lipinski definition) is 4. The molecule has 1 fully saturated rings. The lowest BCUT2D eigenvalue weighted by Gasteiger charge is -2.20. The monoisotopic (exact) mass is 590 g/mol. The van der Waals surface area contributed by atoms with E-state index in [-0.39, 0.29) is 24.6 Å². The number of anilines is 1. The highest BCUT2D eigenvalue weighted by Gasteiger charge is 2.34. The molecule has 4 N–H and O–H groups in total. The largest absolute Gasteiger partial charge is 0.389 e. The maximum Gasteiger partial charge on any atom is 0.295 e. The summed E-state index contributed by atoms with van der Waals surface area (Å²) < 4.78 is 0. The number of amidine groups is 1. The van der Waals surface area contributed by atoms with Gasteiger partial charge in [0.05, 0.1) is 23.2 Å². The number of thioether (sulfide) groups is 1. The Morgan fingerprint density at radius 1 is 1.02 bits per heavy atom. The molecule has 3 amide bonds. The number of β-amino-alcohol motifs (C(OH)–C–C–N with tert-alkyl or cyclic N) is 1. The third-order valence-corrected chi connectivity index (χ3v) is 6.67. The standard InChI is InChI=1S/C28H26N6O7S/c35-23(16-29-21-13-11-20(12-14-21)26(37)32-31-25(36)18-41-34(39)40)17-33-27(38)24(15-19-7-3-1-4-8-19)42-28(33)30-22-9-5-2-6-10-22/h1-15,23,29,35H,16-18H2,(H,31,36)(H,32,37)/b24-15-,30-28?. The molecule has 1 heterocycles. The second-order valence-corrected chi connectivity index (χ2v) is 9.79. The number of rotatable bonds is 11. The van der Waals surface area contributed by atoms with E-state index < -0.39 is 29.6 Å². The molecule has 3 aromatic rings. The molecular weight excluding hydrogens is 564 g/mol. The van der Waals surface area contributed by atoms with Crippen molar-refractivity contribution < 1.29 is 29.4 Å². The summed E-state index contributed by atoms with van der Waals surface area (Å²) in [6.45, 7) is -0.760. The Morgan fingerprint density at radius 2 is 1.69 bits per heavy atom. The Morgan fingerprint density at radius 3 is 2.36 bits per heavy atom. The number of amides is 3. The van der Waals surface area contributed by atoms with Crippen molar-refractivity contribution in [3.8, 4) is 0 Å². The normalized spacial score (nSPS) is 15.4. The van der Waals surface area contributed by atoms with Gasteiger partial charge in [-0.05, 0) is 59.8 Å². The van der Waals surface area contributed by atoms with Crippen LogP contribution in [0.3, 0.4) is 0 Å². The molecule has 14 heteroatoms. The number of nitrogens with zero attached hydrogens (tertiary/aromatic N) is 3. The Balaban J connectivity index is 1.35. The van der Waals surface area contributed by atoms with E-state index in [0.29, 0.717) is 21.4 Å². The van der Waals surface area contributed by atoms with Gasteiger partial charge in [0.1, 0.15) is 0 Å². The number of para-hydroxylation sites is 1. The minimum absolute atomic E-state index is 0.00300. The van der Waals surface area contributed by atoms with Crippen molar-refractivity contribution in [3.63, 3.8) is 0 Å². The van der Waals surface area contributed by atoms with Crippen molar-refractivity contribution in [2.45, 2.75) is 6.10 Å². The van der Waals surface area contributed by atoms with Crippen LogP contribution in [0.15, 0.2) is 94.8 Å². The predicted molar refractivity (Wildman–Crippen MR) is 157 cm³/mol. The summed E-state index contributed by atoms with van der Waals surface area (Å²) in [5.41, 5.74) is 6.48. The van der Waals surface area contributed by atoms with Crippen molar-refractivity contribution in [1.29, 1.82) is 0 Å². The number of benzene rings is 3.